The summed E-state index contributed by atoms with van der Waals surface area (Å²) in [5.41, 5.74) is 5.47. The summed E-state index contributed by atoms with van der Waals surface area (Å²) in [4.78, 5) is 24.2. The number of nitrogens with one attached hydrogen (secondary N) is 2. The van der Waals surface area contributed by atoms with Crippen LogP contribution in [0.1, 0.15) is 44.7 Å². The molecular weight excluding hydrogens is 412 g/mol. The molecule has 2 N–H and O–H groups in total. The van der Waals surface area contributed by atoms with Crippen LogP contribution in [0.3, 0.4) is 0 Å². The molecule has 0 saturated carbocycles. The van der Waals surface area contributed by atoms with Gasteiger partial charge in [0.2, 0.25) is 11.8 Å². The summed E-state index contributed by atoms with van der Waals surface area (Å²) in [6.07, 6.45) is 3.30. The van der Waals surface area contributed by atoms with E-state index in [1.165, 1.54) is 11.1 Å². The number of rotatable bonds is 8. The van der Waals surface area contributed by atoms with Crippen LogP contribution in [-0.4, -0.2) is 28.1 Å². The van der Waals surface area contributed by atoms with Crippen molar-refractivity contribution >= 4 is 17.6 Å². The topological polar surface area (TPSA) is 76.0 Å². The first-order valence-corrected chi connectivity index (χ1v) is 11.8. The van der Waals surface area contributed by atoms with Gasteiger partial charge in [-0.15, -0.1) is 5.10 Å². The molecule has 1 aliphatic rings. The zero-order valence-corrected chi connectivity index (χ0v) is 19.6. The lowest BCUT2D eigenvalue weighted by atomic mass is 10.0. The highest BCUT2D eigenvalue weighted by atomic mass is 16.2. The lowest BCUT2D eigenvalue weighted by Gasteiger charge is -2.11. The number of hydrogen-bond acceptors (Lipinski definition) is 3. The molecule has 0 spiro atoms. The fourth-order valence-corrected chi connectivity index (χ4v) is 4.32. The van der Waals surface area contributed by atoms with Gasteiger partial charge in [-0.3, -0.25) is 9.59 Å². The van der Waals surface area contributed by atoms with Gasteiger partial charge in [0.05, 0.1) is 17.3 Å². The smallest absolute Gasteiger partial charge is 0.230 e. The average molecular weight is 445 g/mol. The van der Waals surface area contributed by atoms with Crippen molar-refractivity contribution in [3.8, 4) is 16.9 Å². The quantitative estimate of drug-likeness (QED) is 0.526. The van der Waals surface area contributed by atoms with E-state index in [0.29, 0.717) is 18.3 Å². The van der Waals surface area contributed by atoms with Gasteiger partial charge in [0.25, 0.3) is 0 Å². The number of amides is 2. The number of anilines is 1. The highest BCUT2D eigenvalue weighted by Crippen LogP contribution is 2.28. The van der Waals surface area contributed by atoms with Gasteiger partial charge in [-0.1, -0.05) is 57.5 Å². The van der Waals surface area contributed by atoms with Crippen molar-refractivity contribution in [1.82, 2.24) is 15.1 Å². The molecule has 3 aromatic rings. The molecule has 1 atom stereocenters. The summed E-state index contributed by atoms with van der Waals surface area (Å²) in [6.45, 7) is 6.96. The van der Waals surface area contributed by atoms with E-state index < -0.39 is 0 Å². The molecule has 1 aliphatic heterocycles. The van der Waals surface area contributed by atoms with Crippen LogP contribution in [0.25, 0.3) is 16.9 Å². The molecule has 0 bridgehead atoms. The summed E-state index contributed by atoms with van der Waals surface area (Å²) in [5, 5.41) is 10.4. The van der Waals surface area contributed by atoms with Gasteiger partial charge in [-0.2, -0.15) is 0 Å². The zero-order chi connectivity index (χ0) is 23.4. The number of carbonyl (C=O) groups excluding carboxylic acids is 2. The molecule has 2 amide bonds. The largest absolute Gasteiger partial charge is 0.355 e. The zero-order valence-electron chi connectivity index (χ0n) is 19.6. The van der Waals surface area contributed by atoms with E-state index in [2.05, 4.69) is 73.9 Å². The minimum atomic E-state index is -0.367. The molecule has 1 fully saturated rings. The van der Waals surface area contributed by atoms with Gasteiger partial charge in [0, 0.05) is 24.6 Å². The minimum absolute atomic E-state index is 0.0870. The summed E-state index contributed by atoms with van der Waals surface area (Å²) in [7, 11) is 0. The number of benzene rings is 2. The molecule has 172 valence electrons. The van der Waals surface area contributed by atoms with Crippen LogP contribution in [0, 0.1) is 11.8 Å². The predicted molar refractivity (Wildman–Crippen MR) is 131 cm³/mol. The number of carbonyl (C=O) groups is 2. The first kappa shape index (κ1) is 22.8. The summed E-state index contributed by atoms with van der Waals surface area (Å²) < 4.78 is 1.91. The second-order valence-electron chi connectivity index (χ2n) is 9.24. The molecule has 6 heteroatoms. The Balaban J connectivity index is 1.71. The second kappa shape index (κ2) is 10.0. The first-order chi connectivity index (χ1) is 15.9. The lowest BCUT2D eigenvalue weighted by Crippen LogP contribution is -2.24. The van der Waals surface area contributed by atoms with Crippen LogP contribution in [0.2, 0.25) is 0 Å². The maximum Gasteiger partial charge on any atom is 0.230 e. The van der Waals surface area contributed by atoms with Crippen LogP contribution >= 0.6 is 0 Å². The average Bonchev–Trinajstić information content (AvgIpc) is 3.40. The molecule has 0 aliphatic carbocycles. The van der Waals surface area contributed by atoms with E-state index in [1.807, 2.05) is 16.8 Å². The van der Waals surface area contributed by atoms with Crippen molar-refractivity contribution < 1.29 is 9.59 Å². The minimum Gasteiger partial charge on any atom is -0.355 e. The predicted octanol–water partition coefficient (Wildman–Crippen LogP) is 4.76. The normalized spacial score (nSPS) is 15.6. The molecule has 33 heavy (non-hydrogen) atoms. The van der Waals surface area contributed by atoms with E-state index in [4.69, 9.17) is 5.10 Å². The van der Waals surface area contributed by atoms with Crippen LogP contribution in [-0.2, 0) is 22.4 Å². The number of hydrogen-bond donors (Lipinski definition) is 2. The third-order valence-corrected chi connectivity index (χ3v) is 5.87. The van der Waals surface area contributed by atoms with Crippen molar-refractivity contribution in [3.05, 3.63) is 65.7 Å². The summed E-state index contributed by atoms with van der Waals surface area (Å²) in [5.74, 6) is 0.410. The summed E-state index contributed by atoms with van der Waals surface area (Å²) >= 11 is 0. The van der Waals surface area contributed by atoms with Crippen molar-refractivity contribution in [2.75, 3.05) is 11.9 Å². The highest BCUT2D eigenvalue weighted by molar-refractivity contribution is 5.97. The van der Waals surface area contributed by atoms with Gasteiger partial charge < -0.3 is 10.6 Å². The van der Waals surface area contributed by atoms with Crippen LogP contribution in [0.15, 0.2) is 54.6 Å². The van der Waals surface area contributed by atoms with Crippen molar-refractivity contribution in [1.29, 1.82) is 0 Å². The van der Waals surface area contributed by atoms with Gasteiger partial charge in [-0.05, 0) is 48.1 Å². The molecule has 6 nitrogen and oxygen atoms in total. The van der Waals surface area contributed by atoms with Crippen molar-refractivity contribution in [3.63, 3.8) is 0 Å². The molecule has 1 saturated heterocycles. The van der Waals surface area contributed by atoms with E-state index in [0.717, 1.165) is 36.2 Å². The number of nitrogens with zero attached hydrogens (tertiary/aromatic N) is 2. The molecule has 0 radical (unpaired) electrons. The van der Waals surface area contributed by atoms with Crippen LogP contribution in [0.5, 0.6) is 0 Å². The van der Waals surface area contributed by atoms with Gasteiger partial charge in [0.15, 0.2) is 5.82 Å². The SMILES string of the molecule is CCCc1cccc(-c2cc(NC(=O)[C@@H]3CNC(=O)C3)nn2-c2cccc(CC(C)C)c2)c1. The van der Waals surface area contributed by atoms with Gasteiger partial charge in [-0.25, -0.2) is 4.68 Å². The Morgan fingerprint density at radius 3 is 2.67 bits per heavy atom. The Bertz CT molecular complexity index is 1150. The van der Waals surface area contributed by atoms with Gasteiger partial charge >= 0.3 is 0 Å². The van der Waals surface area contributed by atoms with E-state index >= 15 is 0 Å². The molecule has 2 heterocycles. The van der Waals surface area contributed by atoms with E-state index in [9.17, 15) is 9.59 Å². The Morgan fingerprint density at radius 2 is 1.94 bits per heavy atom. The summed E-state index contributed by atoms with van der Waals surface area (Å²) in [6, 6.07) is 18.8. The van der Waals surface area contributed by atoms with Gasteiger partial charge in [0.1, 0.15) is 0 Å². The Labute approximate surface area is 195 Å². The monoisotopic (exact) mass is 444 g/mol. The molecule has 4 rings (SSSR count). The van der Waals surface area contributed by atoms with E-state index in [-0.39, 0.29) is 24.2 Å². The number of aromatic nitrogens is 2. The lowest BCUT2D eigenvalue weighted by molar-refractivity contribution is -0.123. The van der Waals surface area contributed by atoms with Crippen LogP contribution in [0.4, 0.5) is 5.82 Å². The molecule has 0 unspecified atom stereocenters. The third kappa shape index (κ3) is 5.51. The maximum absolute atomic E-state index is 12.7. The second-order valence-corrected chi connectivity index (χ2v) is 9.24. The van der Waals surface area contributed by atoms with Crippen molar-refractivity contribution in [2.24, 2.45) is 11.8 Å². The van der Waals surface area contributed by atoms with Crippen LogP contribution < -0.4 is 10.6 Å². The Hall–Kier alpha value is -3.41. The molecular formula is C27H32N4O2. The molecule has 2 aromatic carbocycles. The Kier molecular flexibility index (Phi) is 6.92. The van der Waals surface area contributed by atoms with Crippen molar-refractivity contribution in [2.45, 2.75) is 46.5 Å². The fourth-order valence-electron chi connectivity index (χ4n) is 4.32. The first-order valence-electron chi connectivity index (χ1n) is 11.8. The number of aryl methyl sites for hydroxylation is 1. The van der Waals surface area contributed by atoms with E-state index in [1.54, 1.807) is 0 Å². The third-order valence-electron chi connectivity index (χ3n) is 5.87. The maximum atomic E-state index is 12.7. The molecule has 1 aromatic heterocycles. The Morgan fingerprint density at radius 1 is 1.15 bits per heavy atom. The standard InChI is InChI=1S/C27H32N4O2/c1-4-7-19-8-5-10-21(13-19)24-16-25(29-27(33)22-15-26(32)28-17-22)30-31(24)23-11-6-9-20(14-23)12-18(2)3/h5-6,8-11,13-14,16,18,22H,4,7,12,15,17H2,1-3H3,(H,28,32)(H,29,30,33)/t22-/m0/s1. The fraction of sp³-hybridized carbons (Fsp3) is 0.370. The highest BCUT2D eigenvalue weighted by Gasteiger charge is 2.28.